The lowest BCUT2D eigenvalue weighted by Gasteiger charge is -2.13. The number of amides is 1. The lowest BCUT2D eigenvalue weighted by Crippen LogP contribution is -2.24. The second kappa shape index (κ2) is 10.7. The number of rotatable bonds is 10. The van der Waals surface area contributed by atoms with Gasteiger partial charge in [0.05, 0.1) is 22.3 Å². The number of benzene rings is 2. The van der Waals surface area contributed by atoms with Crippen LogP contribution in [-0.2, 0) is 11.3 Å². The van der Waals surface area contributed by atoms with Crippen molar-refractivity contribution in [2.75, 3.05) is 11.1 Å². The number of Topliss-reactive ketones (excluding diaryl/α,β-unsaturated/α-hetero) is 1. The van der Waals surface area contributed by atoms with Gasteiger partial charge >= 0.3 is 0 Å². The molecule has 0 aliphatic carbocycles. The van der Waals surface area contributed by atoms with E-state index in [1.807, 2.05) is 24.3 Å². The molecule has 0 atom stereocenters. The van der Waals surface area contributed by atoms with Gasteiger partial charge in [-0.2, -0.15) is 0 Å². The molecule has 8 heteroatoms. The van der Waals surface area contributed by atoms with Gasteiger partial charge in [-0.1, -0.05) is 62.2 Å². The van der Waals surface area contributed by atoms with Crippen molar-refractivity contribution >= 4 is 51.0 Å². The third kappa shape index (κ3) is 5.07. The van der Waals surface area contributed by atoms with Crippen LogP contribution in [0.25, 0.3) is 21.9 Å². The van der Waals surface area contributed by atoms with Crippen LogP contribution in [0.2, 0.25) is 0 Å². The average Bonchev–Trinajstić information content (AvgIpc) is 3.20. The van der Waals surface area contributed by atoms with E-state index in [1.165, 1.54) is 18.7 Å². The quantitative estimate of drug-likeness (QED) is 0.137. The molecule has 0 unspecified atom stereocenters. The minimum absolute atomic E-state index is 0.0383. The van der Waals surface area contributed by atoms with Crippen molar-refractivity contribution in [3.05, 3.63) is 64.6 Å². The van der Waals surface area contributed by atoms with Crippen molar-refractivity contribution in [3.63, 3.8) is 0 Å². The smallest absolute Gasteiger partial charge is 0.262 e. The molecule has 1 amide bonds. The van der Waals surface area contributed by atoms with E-state index in [0.29, 0.717) is 39.3 Å². The summed E-state index contributed by atoms with van der Waals surface area (Å²) in [6.07, 6.45) is 4.12. The summed E-state index contributed by atoms with van der Waals surface area (Å²) >= 11 is 1.21. The molecule has 1 N–H and O–H groups in total. The van der Waals surface area contributed by atoms with E-state index in [0.717, 1.165) is 25.7 Å². The summed E-state index contributed by atoms with van der Waals surface area (Å²) < 4.78 is 7.31. The van der Waals surface area contributed by atoms with E-state index in [4.69, 9.17) is 4.42 Å². The summed E-state index contributed by atoms with van der Waals surface area (Å²) in [7, 11) is 0. The van der Waals surface area contributed by atoms with Gasteiger partial charge in [0.1, 0.15) is 5.58 Å². The lowest BCUT2D eigenvalue weighted by atomic mass is 10.2. The second-order valence-electron chi connectivity index (χ2n) is 8.12. The van der Waals surface area contributed by atoms with Crippen LogP contribution >= 0.6 is 11.8 Å². The van der Waals surface area contributed by atoms with Crippen molar-refractivity contribution in [1.82, 2.24) is 9.55 Å². The summed E-state index contributed by atoms with van der Waals surface area (Å²) in [5, 5.41) is 4.58. The second-order valence-corrected chi connectivity index (χ2v) is 9.07. The van der Waals surface area contributed by atoms with Crippen molar-refractivity contribution in [1.29, 1.82) is 0 Å². The molecular weight excluding hydrogens is 450 g/mol. The number of anilines is 1. The van der Waals surface area contributed by atoms with Gasteiger partial charge in [0.15, 0.2) is 16.7 Å². The average molecular weight is 478 g/mol. The topological polar surface area (TPSA) is 94.2 Å². The molecule has 2 aromatic carbocycles. The number of ketones is 1. The van der Waals surface area contributed by atoms with Crippen molar-refractivity contribution < 1.29 is 14.0 Å². The number of furan rings is 1. The predicted octanol–water partition coefficient (Wildman–Crippen LogP) is 5.66. The van der Waals surface area contributed by atoms with Gasteiger partial charge < -0.3 is 9.73 Å². The Morgan fingerprint density at radius 3 is 2.53 bits per heavy atom. The third-order valence-electron chi connectivity index (χ3n) is 5.57. The first-order valence-electron chi connectivity index (χ1n) is 11.4. The standard InChI is InChI=1S/C26H27N3O4S/c1-3-4-5-10-15-29-25(32)18-11-6-8-13-20(18)27-26(29)34-16-22(31)28-23-19-12-7-9-14-21(19)33-24(23)17(2)30/h6-9,11-14H,3-5,10,15-16H2,1-2H3,(H,28,31). The Kier molecular flexibility index (Phi) is 7.47. The van der Waals surface area contributed by atoms with E-state index in [2.05, 4.69) is 17.2 Å². The van der Waals surface area contributed by atoms with Gasteiger partial charge in [-0.05, 0) is 30.7 Å². The zero-order valence-corrected chi connectivity index (χ0v) is 20.1. The van der Waals surface area contributed by atoms with E-state index in [1.54, 1.807) is 28.8 Å². The molecule has 0 aliphatic heterocycles. The Bertz CT molecular complexity index is 1410. The van der Waals surface area contributed by atoms with Crippen LogP contribution in [-0.4, -0.2) is 27.0 Å². The fraction of sp³-hybridized carbons (Fsp3) is 0.308. The number of aromatic nitrogens is 2. The fourth-order valence-corrected chi connectivity index (χ4v) is 4.70. The molecule has 0 bridgehead atoms. The SMILES string of the molecule is CCCCCCn1c(SCC(=O)Nc2c(C(C)=O)oc3ccccc23)nc2ccccc2c1=O. The first-order chi connectivity index (χ1) is 16.5. The van der Waals surface area contributed by atoms with Crippen LogP contribution in [0, 0.1) is 0 Å². The Balaban J connectivity index is 1.57. The molecule has 0 saturated heterocycles. The summed E-state index contributed by atoms with van der Waals surface area (Å²) in [6, 6.07) is 14.4. The van der Waals surface area contributed by atoms with E-state index >= 15 is 0 Å². The molecule has 0 saturated carbocycles. The van der Waals surface area contributed by atoms with Crippen molar-refractivity contribution in [3.8, 4) is 0 Å². The van der Waals surface area contributed by atoms with E-state index < -0.39 is 0 Å². The van der Waals surface area contributed by atoms with Gasteiger partial charge in [-0.15, -0.1) is 0 Å². The predicted molar refractivity (Wildman–Crippen MR) is 136 cm³/mol. The van der Waals surface area contributed by atoms with E-state index in [9.17, 15) is 14.4 Å². The minimum atomic E-state index is -0.306. The highest BCUT2D eigenvalue weighted by atomic mass is 32.2. The van der Waals surface area contributed by atoms with Crippen LogP contribution < -0.4 is 10.9 Å². The summed E-state index contributed by atoms with van der Waals surface area (Å²) in [6.45, 7) is 4.10. The number of fused-ring (bicyclic) bond motifs is 2. The number of carbonyl (C=O) groups is 2. The first kappa shape index (κ1) is 23.8. The maximum absolute atomic E-state index is 13.1. The van der Waals surface area contributed by atoms with Gasteiger partial charge in [-0.3, -0.25) is 19.0 Å². The Labute approximate surface area is 201 Å². The zero-order chi connectivity index (χ0) is 24.1. The Morgan fingerprint density at radius 1 is 1.03 bits per heavy atom. The number of nitrogens with zero attached hydrogens (tertiary/aromatic N) is 2. The van der Waals surface area contributed by atoms with Crippen molar-refractivity contribution in [2.45, 2.75) is 51.2 Å². The van der Waals surface area contributed by atoms with E-state index in [-0.39, 0.29) is 28.8 Å². The summed E-state index contributed by atoms with van der Waals surface area (Å²) in [5.41, 5.74) is 1.43. The largest absolute Gasteiger partial charge is 0.451 e. The van der Waals surface area contributed by atoms with Gasteiger partial charge in [0, 0.05) is 18.9 Å². The highest BCUT2D eigenvalue weighted by Gasteiger charge is 2.20. The number of hydrogen-bond donors (Lipinski definition) is 1. The molecule has 7 nitrogen and oxygen atoms in total. The Morgan fingerprint density at radius 2 is 1.76 bits per heavy atom. The lowest BCUT2D eigenvalue weighted by molar-refractivity contribution is -0.113. The molecule has 0 aliphatic rings. The highest BCUT2D eigenvalue weighted by Crippen LogP contribution is 2.31. The van der Waals surface area contributed by atoms with Crippen LogP contribution in [0.15, 0.2) is 62.9 Å². The van der Waals surface area contributed by atoms with Crippen molar-refractivity contribution in [2.24, 2.45) is 0 Å². The van der Waals surface area contributed by atoms with Crippen LogP contribution in [0.3, 0.4) is 0 Å². The maximum Gasteiger partial charge on any atom is 0.262 e. The zero-order valence-electron chi connectivity index (χ0n) is 19.3. The summed E-state index contributed by atoms with van der Waals surface area (Å²) in [4.78, 5) is 42.7. The van der Waals surface area contributed by atoms with Gasteiger partial charge in [0.2, 0.25) is 5.91 Å². The number of hydrogen-bond acceptors (Lipinski definition) is 6. The number of thioether (sulfide) groups is 1. The van der Waals surface area contributed by atoms with Crippen LogP contribution in [0.5, 0.6) is 0 Å². The molecule has 34 heavy (non-hydrogen) atoms. The minimum Gasteiger partial charge on any atom is -0.451 e. The molecule has 2 aromatic heterocycles. The number of unbranched alkanes of at least 4 members (excludes halogenated alkanes) is 3. The molecule has 176 valence electrons. The summed E-state index contributed by atoms with van der Waals surface area (Å²) in [5.74, 6) is -0.414. The molecule has 4 aromatic rings. The van der Waals surface area contributed by atoms with Gasteiger partial charge in [0.25, 0.3) is 5.56 Å². The van der Waals surface area contributed by atoms with Gasteiger partial charge in [-0.25, -0.2) is 4.98 Å². The number of carbonyl (C=O) groups excluding carboxylic acids is 2. The molecule has 4 rings (SSSR count). The maximum atomic E-state index is 13.1. The monoisotopic (exact) mass is 477 g/mol. The van der Waals surface area contributed by atoms with Crippen LogP contribution in [0.1, 0.15) is 50.1 Å². The first-order valence-corrected chi connectivity index (χ1v) is 12.4. The third-order valence-corrected chi connectivity index (χ3v) is 6.55. The Hall–Kier alpha value is -3.39. The molecule has 2 heterocycles. The van der Waals surface area contributed by atoms with Crippen LogP contribution in [0.4, 0.5) is 5.69 Å². The normalized spacial score (nSPS) is 11.2. The fourth-order valence-electron chi connectivity index (χ4n) is 3.87. The highest BCUT2D eigenvalue weighted by molar-refractivity contribution is 7.99. The molecular formula is C26H27N3O4S. The molecule has 0 fully saturated rings. The number of para-hydroxylation sites is 2. The molecule has 0 spiro atoms. The number of nitrogens with one attached hydrogen (secondary N) is 1. The molecule has 0 radical (unpaired) electrons.